The minimum atomic E-state index is 0.0564. The van der Waals surface area contributed by atoms with Gasteiger partial charge in [-0.15, -0.1) is 0 Å². The van der Waals surface area contributed by atoms with Crippen LogP contribution in [0.5, 0.6) is 0 Å². The van der Waals surface area contributed by atoms with Gasteiger partial charge in [0.25, 0.3) is 0 Å². The third-order valence-corrected chi connectivity index (χ3v) is 3.50. The molecule has 1 aliphatic heterocycles. The first-order valence-corrected chi connectivity index (χ1v) is 6.47. The van der Waals surface area contributed by atoms with Crippen molar-refractivity contribution < 1.29 is 4.79 Å². The van der Waals surface area contributed by atoms with Crippen LogP contribution in [-0.4, -0.2) is 37.0 Å². The average molecular weight is 216 g/mol. The Morgan fingerprint density at radius 3 is 2.71 bits per heavy atom. The number of thioether (sulfide) groups is 1. The summed E-state index contributed by atoms with van der Waals surface area (Å²) in [4.78, 5) is 10.6. The SMILES string of the molecule is CC(=O)NCCNCC1CCSCC1. The van der Waals surface area contributed by atoms with E-state index in [1.54, 1.807) is 6.92 Å². The first kappa shape index (κ1) is 11.9. The topological polar surface area (TPSA) is 41.1 Å². The highest BCUT2D eigenvalue weighted by molar-refractivity contribution is 7.99. The number of hydrogen-bond donors (Lipinski definition) is 2. The Bertz CT molecular complexity index is 170. The van der Waals surface area contributed by atoms with E-state index in [-0.39, 0.29) is 5.91 Å². The van der Waals surface area contributed by atoms with Crippen molar-refractivity contribution in [1.29, 1.82) is 0 Å². The highest BCUT2D eigenvalue weighted by atomic mass is 32.2. The molecule has 1 amide bonds. The van der Waals surface area contributed by atoms with Crippen molar-refractivity contribution in [2.75, 3.05) is 31.1 Å². The van der Waals surface area contributed by atoms with E-state index in [4.69, 9.17) is 0 Å². The molecule has 0 saturated carbocycles. The van der Waals surface area contributed by atoms with E-state index in [0.29, 0.717) is 0 Å². The van der Waals surface area contributed by atoms with Crippen LogP contribution < -0.4 is 10.6 Å². The molecule has 1 saturated heterocycles. The average Bonchev–Trinajstić information content (AvgIpc) is 2.18. The molecule has 0 spiro atoms. The molecular weight excluding hydrogens is 196 g/mol. The molecule has 2 N–H and O–H groups in total. The summed E-state index contributed by atoms with van der Waals surface area (Å²) in [5, 5.41) is 6.16. The van der Waals surface area contributed by atoms with E-state index in [9.17, 15) is 4.79 Å². The minimum absolute atomic E-state index is 0.0564. The maximum absolute atomic E-state index is 10.6. The fourth-order valence-corrected chi connectivity index (χ4v) is 2.79. The summed E-state index contributed by atoms with van der Waals surface area (Å²) in [7, 11) is 0. The van der Waals surface area contributed by atoms with Crippen LogP contribution >= 0.6 is 11.8 Å². The molecule has 0 aromatic carbocycles. The Kier molecular flexibility index (Phi) is 6.03. The van der Waals surface area contributed by atoms with Crippen molar-refractivity contribution in [3.8, 4) is 0 Å². The summed E-state index contributed by atoms with van der Waals surface area (Å²) >= 11 is 2.06. The molecule has 0 aliphatic carbocycles. The van der Waals surface area contributed by atoms with Gasteiger partial charge in [-0.2, -0.15) is 11.8 Å². The Morgan fingerprint density at radius 2 is 2.07 bits per heavy atom. The van der Waals surface area contributed by atoms with Gasteiger partial charge in [-0.05, 0) is 36.8 Å². The van der Waals surface area contributed by atoms with E-state index < -0.39 is 0 Å². The molecule has 3 nitrogen and oxygen atoms in total. The molecule has 0 unspecified atom stereocenters. The molecule has 0 radical (unpaired) electrons. The number of rotatable bonds is 5. The monoisotopic (exact) mass is 216 g/mol. The summed E-state index contributed by atoms with van der Waals surface area (Å²) in [6, 6.07) is 0. The van der Waals surface area contributed by atoms with Gasteiger partial charge in [0.15, 0.2) is 0 Å². The van der Waals surface area contributed by atoms with Crippen molar-refractivity contribution in [3.05, 3.63) is 0 Å². The number of carbonyl (C=O) groups excluding carboxylic acids is 1. The Morgan fingerprint density at radius 1 is 1.36 bits per heavy atom. The standard InChI is InChI=1S/C10H20N2OS/c1-9(13)12-5-4-11-8-10-2-6-14-7-3-10/h10-11H,2-8H2,1H3,(H,12,13). The van der Waals surface area contributed by atoms with Gasteiger partial charge in [-0.3, -0.25) is 4.79 Å². The molecule has 1 fully saturated rings. The maximum Gasteiger partial charge on any atom is 0.216 e. The zero-order chi connectivity index (χ0) is 10.2. The van der Waals surface area contributed by atoms with Crippen molar-refractivity contribution in [2.24, 2.45) is 5.92 Å². The third-order valence-electron chi connectivity index (χ3n) is 2.45. The fourth-order valence-electron chi connectivity index (χ4n) is 1.58. The van der Waals surface area contributed by atoms with Crippen LogP contribution in [0.1, 0.15) is 19.8 Å². The molecule has 1 rings (SSSR count). The van der Waals surface area contributed by atoms with E-state index in [2.05, 4.69) is 22.4 Å². The van der Waals surface area contributed by atoms with Gasteiger partial charge in [0.1, 0.15) is 0 Å². The fraction of sp³-hybridized carbons (Fsp3) is 0.900. The van der Waals surface area contributed by atoms with Gasteiger partial charge < -0.3 is 10.6 Å². The van der Waals surface area contributed by atoms with Gasteiger partial charge in [0.05, 0.1) is 0 Å². The van der Waals surface area contributed by atoms with E-state index in [1.165, 1.54) is 24.3 Å². The second-order valence-corrected chi connectivity index (χ2v) is 4.97. The van der Waals surface area contributed by atoms with Gasteiger partial charge in [0.2, 0.25) is 5.91 Å². The molecular formula is C10H20N2OS. The molecule has 0 atom stereocenters. The largest absolute Gasteiger partial charge is 0.355 e. The van der Waals surface area contributed by atoms with Gasteiger partial charge >= 0.3 is 0 Å². The lowest BCUT2D eigenvalue weighted by atomic mass is 10.0. The normalized spacial score (nSPS) is 18.1. The molecule has 0 aromatic heterocycles. The van der Waals surface area contributed by atoms with Crippen molar-refractivity contribution in [2.45, 2.75) is 19.8 Å². The zero-order valence-corrected chi connectivity index (χ0v) is 9.66. The van der Waals surface area contributed by atoms with Crippen LogP contribution in [0, 0.1) is 5.92 Å². The van der Waals surface area contributed by atoms with Crippen molar-refractivity contribution in [1.82, 2.24) is 10.6 Å². The second-order valence-electron chi connectivity index (χ2n) is 3.74. The van der Waals surface area contributed by atoms with Crippen LogP contribution in [0.15, 0.2) is 0 Å². The lowest BCUT2D eigenvalue weighted by Crippen LogP contribution is -2.33. The van der Waals surface area contributed by atoms with Gasteiger partial charge in [-0.25, -0.2) is 0 Å². The van der Waals surface area contributed by atoms with Crippen molar-refractivity contribution >= 4 is 17.7 Å². The van der Waals surface area contributed by atoms with Gasteiger partial charge in [0, 0.05) is 20.0 Å². The predicted octanol–water partition coefficient (Wildman–Crippen LogP) is 0.855. The lowest BCUT2D eigenvalue weighted by Gasteiger charge is -2.21. The van der Waals surface area contributed by atoms with E-state index in [0.717, 1.165) is 25.6 Å². The molecule has 82 valence electrons. The van der Waals surface area contributed by atoms with Gasteiger partial charge in [-0.1, -0.05) is 0 Å². The van der Waals surface area contributed by atoms with Crippen LogP contribution in [0.4, 0.5) is 0 Å². The van der Waals surface area contributed by atoms with E-state index in [1.807, 2.05) is 0 Å². The molecule has 0 bridgehead atoms. The van der Waals surface area contributed by atoms with Crippen molar-refractivity contribution in [3.63, 3.8) is 0 Å². The summed E-state index contributed by atoms with van der Waals surface area (Å²) in [6.07, 6.45) is 2.69. The predicted molar refractivity (Wildman–Crippen MR) is 61.6 cm³/mol. The first-order valence-electron chi connectivity index (χ1n) is 5.32. The summed E-state index contributed by atoms with van der Waals surface area (Å²) in [5.74, 6) is 3.55. The molecule has 1 aliphatic rings. The number of nitrogens with one attached hydrogen (secondary N) is 2. The zero-order valence-electron chi connectivity index (χ0n) is 8.84. The summed E-state index contributed by atoms with van der Waals surface area (Å²) in [6.45, 7) is 4.30. The number of carbonyl (C=O) groups is 1. The van der Waals surface area contributed by atoms with E-state index >= 15 is 0 Å². The molecule has 4 heteroatoms. The van der Waals surface area contributed by atoms with Crippen LogP contribution in [0.3, 0.4) is 0 Å². The quantitative estimate of drug-likeness (QED) is 0.670. The molecule has 14 heavy (non-hydrogen) atoms. The number of hydrogen-bond acceptors (Lipinski definition) is 3. The maximum atomic E-state index is 10.6. The Hall–Kier alpha value is -0.220. The highest BCUT2D eigenvalue weighted by Gasteiger charge is 2.12. The summed E-state index contributed by atoms with van der Waals surface area (Å²) in [5.41, 5.74) is 0. The third kappa shape index (κ3) is 5.50. The van der Waals surface area contributed by atoms with Crippen LogP contribution in [-0.2, 0) is 4.79 Å². The lowest BCUT2D eigenvalue weighted by molar-refractivity contribution is -0.118. The van der Waals surface area contributed by atoms with Crippen LogP contribution in [0.25, 0.3) is 0 Å². The highest BCUT2D eigenvalue weighted by Crippen LogP contribution is 2.21. The first-order chi connectivity index (χ1) is 6.79. The second kappa shape index (κ2) is 7.12. The molecule has 1 heterocycles. The molecule has 0 aromatic rings. The minimum Gasteiger partial charge on any atom is -0.355 e. The smallest absolute Gasteiger partial charge is 0.216 e. The number of amides is 1. The Labute approximate surface area is 90.4 Å². The Balaban J connectivity index is 1.90. The summed E-state index contributed by atoms with van der Waals surface area (Å²) < 4.78 is 0. The van der Waals surface area contributed by atoms with Crippen LogP contribution in [0.2, 0.25) is 0 Å².